The van der Waals surface area contributed by atoms with Crippen LogP contribution in [-0.4, -0.2) is 46.4 Å². The third-order valence-electron chi connectivity index (χ3n) is 3.90. The molecule has 150 valence electrons. The lowest BCUT2D eigenvalue weighted by atomic mass is 10.1. The smallest absolute Gasteiger partial charge is 0.338 e. The lowest BCUT2D eigenvalue weighted by molar-refractivity contribution is -0.124. The number of benzene rings is 2. The molecule has 0 saturated carbocycles. The molecule has 0 atom stereocenters. The van der Waals surface area contributed by atoms with Crippen molar-refractivity contribution < 1.29 is 28.5 Å². The van der Waals surface area contributed by atoms with Gasteiger partial charge in [-0.05, 0) is 36.2 Å². The highest BCUT2D eigenvalue weighted by Crippen LogP contribution is 2.36. The van der Waals surface area contributed by atoms with Gasteiger partial charge in [0.1, 0.15) is 5.75 Å². The molecule has 0 radical (unpaired) electrons. The molecule has 7 nitrogen and oxygen atoms in total. The number of hydrogen-bond acceptors (Lipinski definition) is 6. The third-order valence-corrected chi connectivity index (χ3v) is 4.18. The van der Waals surface area contributed by atoms with Crippen LogP contribution in [0, 0.1) is 0 Å². The number of halogens is 1. The van der Waals surface area contributed by atoms with Crippen LogP contribution >= 0.6 is 11.6 Å². The van der Waals surface area contributed by atoms with Gasteiger partial charge in [0.25, 0.3) is 5.91 Å². The molecule has 0 heterocycles. The minimum atomic E-state index is -0.687. The summed E-state index contributed by atoms with van der Waals surface area (Å²) in [5.41, 5.74) is 1.21. The number of rotatable bonds is 9. The summed E-state index contributed by atoms with van der Waals surface area (Å²) in [4.78, 5) is 24.0. The van der Waals surface area contributed by atoms with E-state index in [9.17, 15) is 9.59 Å². The normalized spacial score (nSPS) is 10.1. The topological polar surface area (TPSA) is 83.1 Å². The van der Waals surface area contributed by atoms with Crippen LogP contribution in [0.4, 0.5) is 0 Å². The van der Waals surface area contributed by atoms with Gasteiger partial charge < -0.3 is 24.3 Å². The molecule has 2 rings (SSSR count). The first-order valence-electron chi connectivity index (χ1n) is 8.46. The molecule has 0 aliphatic carbocycles. The van der Waals surface area contributed by atoms with Crippen molar-refractivity contribution in [2.75, 3.05) is 34.5 Å². The molecule has 0 aromatic heterocycles. The zero-order chi connectivity index (χ0) is 20.5. The number of carbonyl (C=O) groups excluding carboxylic acids is 2. The third kappa shape index (κ3) is 5.79. The van der Waals surface area contributed by atoms with Gasteiger partial charge in [-0.2, -0.15) is 0 Å². The van der Waals surface area contributed by atoms with E-state index in [0.29, 0.717) is 24.5 Å². The maximum Gasteiger partial charge on any atom is 0.338 e. The summed E-state index contributed by atoms with van der Waals surface area (Å²) in [5.74, 6) is 0.305. The van der Waals surface area contributed by atoms with Gasteiger partial charge in [-0.3, -0.25) is 4.79 Å². The van der Waals surface area contributed by atoms with E-state index in [1.165, 1.54) is 26.4 Å². The fourth-order valence-electron chi connectivity index (χ4n) is 2.44. The summed E-state index contributed by atoms with van der Waals surface area (Å²) in [6.07, 6.45) is 0.648. The Labute approximate surface area is 168 Å². The van der Waals surface area contributed by atoms with Crippen molar-refractivity contribution in [3.63, 3.8) is 0 Å². The first-order chi connectivity index (χ1) is 13.5. The minimum absolute atomic E-state index is 0.161. The van der Waals surface area contributed by atoms with Crippen molar-refractivity contribution in [2.45, 2.75) is 6.42 Å². The van der Waals surface area contributed by atoms with Gasteiger partial charge in [-0.1, -0.05) is 23.7 Å². The van der Waals surface area contributed by atoms with Crippen molar-refractivity contribution in [3.05, 3.63) is 52.5 Å². The maximum atomic E-state index is 12.2. The van der Waals surface area contributed by atoms with E-state index in [-0.39, 0.29) is 10.6 Å². The monoisotopic (exact) mass is 407 g/mol. The Bertz CT molecular complexity index is 822. The van der Waals surface area contributed by atoms with Crippen LogP contribution in [0.5, 0.6) is 17.2 Å². The van der Waals surface area contributed by atoms with E-state index in [1.54, 1.807) is 7.11 Å². The van der Waals surface area contributed by atoms with Crippen molar-refractivity contribution >= 4 is 23.5 Å². The molecule has 0 spiro atoms. The zero-order valence-corrected chi connectivity index (χ0v) is 16.7. The second-order valence-electron chi connectivity index (χ2n) is 5.72. The van der Waals surface area contributed by atoms with Gasteiger partial charge in [-0.25, -0.2) is 4.79 Å². The maximum absolute atomic E-state index is 12.2. The van der Waals surface area contributed by atoms with Crippen LogP contribution in [-0.2, 0) is 16.0 Å². The first-order valence-corrected chi connectivity index (χ1v) is 8.84. The predicted molar refractivity (Wildman–Crippen MR) is 105 cm³/mol. The summed E-state index contributed by atoms with van der Waals surface area (Å²) in [5, 5.41) is 2.91. The predicted octanol–water partition coefficient (Wildman–Crippen LogP) is 2.88. The molecule has 8 heteroatoms. The van der Waals surface area contributed by atoms with Crippen LogP contribution < -0.4 is 19.5 Å². The van der Waals surface area contributed by atoms with Gasteiger partial charge >= 0.3 is 5.97 Å². The fraction of sp³-hybridized carbons (Fsp3) is 0.300. The Morgan fingerprint density at radius 3 is 2.32 bits per heavy atom. The quantitative estimate of drug-likeness (QED) is 0.643. The van der Waals surface area contributed by atoms with E-state index >= 15 is 0 Å². The molecule has 0 fully saturated rings. The summed E-state index contributed by atoms with van der Waals surface area (Å²) in [7, 11) is 4.48. The SMILES string of the molecule is COc1ccc(CCNC(=O)COC(=O)c2cc(Cl)c(OC)c(OC)c2)cc1. The lowest BCUT2D eigenvalue weighted by Gasteiger charge is -2.11. The molecule has 2 aromatic rings. The second-order valence-corrected chi connectivity index (χ2v) is 6.12. The largest absolute Gasteiger partial charge is 0.497 e. The molecule has 0 saturated heterocycles. The van der Waals surface area contributed by atoms with Crippen molar-refractivity contribution in [1.82, 2.24) is 5.32 Å². The Balaban J connectivity index is 1.81. The number of carbonyl (C=O) groups is 2. The van der Waals surface area contributed by atoms with E-state index in [0.717, 1.165) is 11.3 Å². The number of methoxy groups -OCH3 is 3. The molecular formula is C20H22ClNO6. The van der Waals surface area contributed by atoms with Gasteiger partial charge in [-0.15, -0.1) is 0 Å². The Hall–Kier alpha value is -2.93. The van der Waals surface area contributed by atoms with Crippen LogP contribution in [0.2, 0.25) is 5.02 Å². The van der Waals surface area contributed by atoms with Crippen LogP contribution in [0.25, 0.3) is 0 Å². The first kappa shape index (κ1) is 21.4. The molecule has 28 heavy (non-hydrogen) atoms. The van der Waals surface area contributed by atoms with Crippen molar-refractivity contribution in [3.8, 4) is 17.2 Å². The zero-order valence-electron chi connectivity index (χ0n) is 15.9. The molecule has 1 N–H and O–H groups in total. The van der Waals surface area contributed by atoms with E-state index in [4.69, 9.17) is 30.5 Å². The number of ether oxygens (including phenoxy) is 4. The highest BCUT2D eigenvalue weighted by atomic mass is 35.5. The van der Waals surface area contributed by atoms with Crippen molar-refractivity contribution in [2.24, 2.45) is 0 Å². The summed E-state index contributed by atoms with van der Waals surface area (Å²) in [6, 6.07) is 10.4. The van der Waals surface area contributed by atoms with Crippen molar-refractivity contribution in [1.29, 1.82) is 0 Å². The van der Waals surface area contributed by atoms with E-state index in [1.807, 2.05) is 24.3 Å². The minimum Gasteiger partial charge on any atom is -0.497 e. The van der Waals surface area contributed by atoms with Gasteiger partial charge in [0.05, 0.1) is 31.9 Å². The number of nitrogens with one attached hydrogen (secondary N) is 1. The molecule has 0 unspecified atom stereocenters. The standard InChI is InChI=1S/C20H22ClNO6/c1-25-15-6-4-13(5-7-15)8-9-22-18(23)12-28-20(24)14-10-16(21)19(27-3)17(11-14)26-2/h4-7,10-11H,8-9,12H2,1-3H3,(H,22,23). The van der Waals surface area contributed by atoms with Crippen LogP contribution in [0.15, 0.2) is 36.4 Å². The van der Waals surface area contributed by atoms with Gasteiger partial charge in [0.15, 0.2) is 18.1 Å². The average molecular weight is 408 g/mol. The molecule has 0 bridgehead atoms. The molecule has 2 aromatic carbocycles. The summed E-state index contributed by atoms with van der Waals surface area (Å²) < 4.78 is 20.4. The fourth-order valence-corrected chi connectivity index (χ4v) is 2.73. The molecule has 1 amide bonds. The Kier molecular flexibility index (Phi) is 7.95. The lowest BCUT2D eigenvalue weighted by Crippen LogP contribution is -2.30. The average Bonchev–Trinajstić information content (AvgIpc) is 2.71. The van der Waals surface area contributed by atoms with Crippen LogP contribution in [0.1, 0.15) is 15.9 Å². The number of esters is 1. The highest BCUT2D eigenvalue weighted by Gasteiger charge is 2.17. The second kappa shape index (κ2) is 10.4. The summed E-state index contributed by atoms with van der Waals surface area (Å²) >= 11 is 6.07. The van der Waals surface area contributed by atoms with Gasteiger partial charge in [0.2, 0.25) is 0 Å². The highest BCUT2D eigenvalue weighted by molar-refractivity contribution is 6.32. The molecular weight excluding hydrogens is 386 g/mol. The Morgan fingerprint density at radius 2 is 1.71 bits per heavy atom. The summed E-state index contributed by atoms with van der Waals surface area (Å²) in [6.45, 7) is 0.0261. The molecule has 0 aliphatic rings. The van der Waals surface area contributed by atoms with Gasteiger partial charge in [0, 0.05) is 6.54 Å². The Morgan fingerprint density at radius 1 is 1.00 bits per heavy atom. The molecule has 0 aliphatic heterocycles. The number of hydrogen-bond donors (Lipinski definition) is 1. The van der Waals surface area contributed by atoms with E-state index in [2.05, 4.69) is 5.32 Å². The van der Waals surface area contributed by atoms with Crippen LogP contribution in [0.3, 0.4) is 0 Å². The van der Waals surface area contributed by atoms with E-state index < -0.39 is 18.5 Å². The number of amides is 1.